The SMILES string of the molecule is CNC(C)Cc1csc2cccc(Cl)c12. The van der Waals surface area contributed by atoms with Gasteiger partial charge in [0.1, 0.15) is 0 Å². The Hall–Kier alpha value is -0.570. The van der Waals surface area contributed by atoms with E-state index in [4.69, 9.17) is 11.6 Å². The lowest BCUT2D eigenvalue weighted by molar-refractivity contribution is 0.611. The summed E-state index contributed by atoms with van der Waals surface area (Å²) in [6.45, 7) is 2.18. The lowest BCUT2D eigenvalue weighted by Gasteiger charge is -2.09. The molecular weight excluding hydrogens is 226 g/mol. The highest BCUT2D eigenvalue weighted by atomic mass is 35.5. The fourth-order valence-corrected chi connectivity index (χ4v) is 3.04. The van der Waals surface area contributed by atoms with E-state index < -0.39 is 0 Å². The molecule has 0 fully saturated rings. The minimum Gasteiger partial charge on any atom is -0.317 e. The Morgan fingerprint density at radius 2 is 2.27 bits per heavy atom. The maximum absolute atomic E-state index is 6.22. The summed E-state index contributed by atoms with van der Waals surface area (Å²) in [6, 6.07) is 6.58. The van der Waals surface area contributed by atoms with Crippen LogP contribution < -0.4 is 5.32 Å². The first-order valence-electron chi connectivity index (χ1n) is 5.04. The minimum absolute atomic E-state index is 0.485. The van der Waals surface area contributed by atoms with Crippen molar-refractivity contribution in [2.24, 2.45) is 0 Å². The molecule has 0 amide bonds. The van der Waals surface area contributed by atoms with Gasteiger partial charge in [-0.15, -0.1) is 11.3 Å². The van der Waals surface area contributed by atoms with Gasteiger partial charge >= 0.3 is 0 Å². The van der Waals surface area contributed by atoms with Gasteiger partial charge in [0, 0.05) is 21.2 Å². The van der Waals surface area contributed by atoms with Crippen molar-refractivity contribution in [1.29, 1.82) is 0 Å². The molecule has 1 aromatic heterocycles. The molecule has 0 aliphatic heterocycles. The van der Waals surface area contributed by atoms with Gasteiger partial charge in [0.2, 0.25) is 0 Å². The summed E-state index contributed by atoms with van der Waals surface area (Å²) in [6.07, 6.45) is 1.03. The summed E-state index contributed by atoms with van der Waals surface area (Å²) in [4.78, 5) is 0. The quantitative estimate of drug-likeness (QED) is 0.861. The van der Waals surface area contributed by atoms with E-state index in [1.165, 1.54) is 15.6 Å². The summed E-state index contributed by atoms with van der Waals surface area (Å²) in [7, 11) is 1.99. The molecule has 0 spiro atoms. The van der Waals surface area contributed by atoms with Crippen LogP contribution in [0.3, 0.4) is 0 Å². The summed E-state index contributed by atoms with van der Waals surface area (Å²) in [5.41, 5.74) is 1.35. The maximum atomic E-state index is 6.22. The molecule has 2 rings (SSSR count). The molecule has 1 nitrogen and oxygen atoms in total. The summed E-state index contributed by atoms with van der Waals surface area (Å²) in [5, 5.41) is 7.56. The van der Waals surface area contributed by atoms with Crippen LogP contribution in [0, 0.1) is 0 Å². The molecule has 1 aromatic carbocycles. The van der Waals surface area contributed by atoms with Crippen molar-refractivity contribution in [2.75, 3.05) is 7.05 Å². The van der Waals surface area contributed by atoms with E-state index in [-0.39, 0.29) is 0 Å². The van der Waals surface area contributed by atoms with Crippen molar-refractivity contribution in [3.05, 3.63) is 34.2 Å². The smallest absolute Gasteiger partial charge is 0.0495 e. The zero-order chi connectivity index (χ0) is 10.8. The predicted octanol–water partition coefficient (Wildman–Crippen LogP) is 3.71. The Bertz CT molecular complexity index is 464. The van der Waals surface area contributed by atoms with Gasteiger partial charge in [-0.1, -0.05) is 17.7 Å². The number of benzene rings is 1. The molecule has 0 saturated heterocycles. The lowest BCUT2D eigenvalue weighted by atomic mass is 10.1. The highest BCUT2D eigenvalue weighted by Gasteiger charge is 2.09. The predicted molar refractivity (Wildman–Crippen MR) is 69.1 cm³/mol. The van der Waals surface area contributed by atoms with Gasteiger partial charge in [0.25, 0.3) is 0 Å². The van der Waals surface area contributed by atoms with E-state index in [9.17, 15) is 0 Å². The third kappa shape index (κ3) is 2.17. The summed E-state index contributed by atoms with van der Waals surface area (Å²) in [5.74, 6) is 0. The van der Waals surface area contributed by atoms with Gasteiger partial charge in [-0.05, 0) is 43.5 Å². The standard InChI is InChI=1S/C12H14ClNS/c1-8(14-2)6-9-7-15-11-5-3-4-10(13)12(9)11/h3-5,7-8,14H,6H2,1-2H3. The van der Waals surface area contributed by atoms with Crippen LogP contribution in [-0.2, 0) is 6.42 Å². The molecule has 2 aromatic rings. The zero-order valence-electron chi connectivity index (χ0n) is 8.88. The van der Waals surface area contributed by atoms with Crippen LogP contribution in [0.5, 0.6) is 0 Å². The first kappa shape index (κ1) is 10.9. The Morgan fingerprint density at radius 3 is 3.00 bits per heavy atom. The van der Waals surface area contributed by atoms with Crippen LogP contribution in [-0.4, -0.2) is 13.1 Å². The van der Waals surface area contributed by atoms with Crippen molar-refractivity contribution in [3.8, 4) is 0 Å². The molecule has 0 bridgehead atoms. The summed E-state index contributed by atoms with van der Waals surface area (Å²) < 4.78 is 1.28. The Morgan fingerprint density at radius 1 is 1.47 bits per heavy atom. The number of fused-ring (bicyclic) bond motifs is 1. The topological polar surface area (TPSA) is 12.0 Å². The van der Waals surface area contributed by atoms with Crippen LogP contribution in [0.15, 0.2) is 23.6 Å². The fraction of sp³-hybridized carbons (Fsp3) is 0.333. The summed E-state index contributed by atoms with van der Waals surface area (Å²) >= 11 is 7.98. The van der Waals surface area contributed by atoms with Crippen molar-refractivity contribution < 1.29 is 0 Å². The number of hydrogen-bond donors (Lipinski definition) is 1. The van der Waals surface area contributed by atoms with Crippen LogP contribution in [0.4, 0.5) is 0 Å². The number of thiophene rings is 1. The number of hydrogen-bond acceptors (Lipinski definition) is 2. The Balaban J connectivity index is 2.43. The molecule has 0 aliphatic rings. The van der Waals surface area contributed by atoms with Gasteiger partial charge in [0.15, 0.2) is 0 Å². The number of likely N-dealkylation sites (N-methyl/N-ethyl adjacent to an activating group) is 1. The maximum Gasteiger partial charge on any atom is 0.0495 e. The third-order valence-corrected chi connectivity index (χ3v) is 3.96. The highest BCUT2D eigenvalue weighted by molar-refractivity contribution is 7.17. The molecule has 1 heterocycles. The van der Waals surface area contributed by atoms with E-state index in [0.717, 1.165) is 11.4 Å². The van der Waals surface area contributed by atoms with Gasteiger partial charge in [-0.25, -0.2) is 0 Å². The number of halogens is 1. The molecule has 0 saturated carbocycles. The molecule has 3 heteroatoms. The number of nitrogens with one attached hydrogen (secondary N) is 1. The van der Waals surface area contributed by atoms with Crippen molar-refractivity contribution >= 4 is 33.0 Å². The third-order valence-electron chi connectivity index (χ3n) is 2.64. The molecule has 1 N–H and O–H groups in total. The van der Waals surface area contributed by atoms with E-state index in [1.54, 1.807) is 11.3 Å². The second kappa shape index (κ2) is 4.52. The lowest BCUT2D eigenvalue weighted by Crippen LogP contribution is -2.23. The molecular formula is C12H14ClNS. The Labute approximate surface area is 99.1 Å². The first-order chi connectivity index (χ1) is 7.22. The van der Waals surface area contributed by atoms with E-state index in [1.807, 2.05) is 19.2 Å². The largest absolute Gasteiger partial charge is 0.317 e. The second-order valence-corrected chi connectivity index (χ2v) is 5.09. The van der Waals surface area contributed by atoms with Gasteiger partial charge in [-0.2, -0.15) is 0 Å². The minimum atomic E-state index is 0.485. The monoisotopic (exact) mass is 239 g/mol. The highest BCUT2D eigenvalue weighted by Crippen LogP contribution is 2.32. The van der Waals surface area contributed by atoms with Crippen LogP contribution in [0.2, 0.25) is 5.02 Å². The fourth-order valence-electron chi connectivity index (χ4n) is 1.69. The number of rotatable bonds is 3. The zero-order valence-corrected chi connectivity index (χ0v) is 10.5. The Kier molecular flexibility index (Phi) is 3.29. The van der Waals surface area contributed by atoms with E-state index in [0.29, 0.717) is 6.04 Å². The van der Waals surface area contributed by atoms with Gasteiger partial charge < -0.3 is 5.32 Å². The van der Waals surface area contributed by atoms with Crippen molar-refractivity contribution in [2.45, 2.75) is 19.4 Å². The molecule has 1 unspecified atom stereocenters. The average molecular weight is 240 g/mol. The average Bonchev–Trinajstić information content (AvgIpc) is 2.63. The van der Waals surface area contributed by atoms with E-state index >= 15 is 0 Å². The second-order valence-electron chi connectivity index (χ2n) is 3.77. The molecule has 0 radical (unpaired) electrons. The first-order valence-corrected chi connectivity index (χ1v) is 6.30. The molecule has 0 aliphatic carbocycles. The molecule has 15 heavy (non-hydrogen) atoms. The normalized spacial score (nSPS) is 13.3. The van der Waals surface area contributed by atoms with E-state index in [2.05, 4.69) is 23.7 Å². The van der Waals surface area contributed by atoms with Crippen molar-refractivity contribution in [1.82, 2.24) is 5.32 Å². The van der Waals surface area contributed by atoms with Gasteiger partial charge in [0.05, 0.1) is 0 Å². The molecule has 1 atom stereocenters. The van der Waals surface area contributed by atoms with Crippen molar-refractivity contribution in [3.63, 3.8) is 0 Å². The van der Waals surface area contributed by atoms with Crippen LogP contribution >= 0.6 is 22.9 Å². The van der Waals surface area contributed by atoms with Crippen LogP contribution in [0.1, 0.15) is 12.5 Å². The molecule has 80 valence electrons. The van der Waals surface area contributed by atoms with Crippen LogP contribution in [0.25, 0.3) is 10.1 Å². The van der Waals surface area contributed by atoms with Gasteiger partial charge in [-0.3, -0.25) is 0 Å².